The molecule has 0 aliphatic carbocycles. The van der Waals surface area contributed by atoms with Gasteiger partial charge in [0.1, 0.15) is 0 Å². The summed E-state index contributed by atoms with van der Waals surface area (Å²) in [6.45, 7) is 4.80. The molecule has 2 aliphatic rings. The Labute approximate surface area is 81.3 Å². The zero-order valence-corrected chi connectivity index (χ0v) is 8.50. The van der Waals surface area contributed by atoms with E-state index in [4.69, 9.17) is 4.74 Å². The Hall–Kier alpha value is -0.0800. The second-order valence-corrected chi connectivity index (χ2v) is 4.35. The van der Waals surface area contributed by atoms with Crippen LogP contribution in [0.5, 0.6) is 0 Å². The van der Waals surface area contributed by atoms with Crippen LogP contribution >= 0.6 is 0 Å². The molecule has 1 atom stereocenters. The van der Waals surface area contributed by atoms with E-state index in [1.807, 2.05) is 0 Å². The average molecular weight is 183 g/mol. The van der Waals surface area contributed by atoms with Crippen LogP contribution < -0.4 is 0 Å². The fourth-order valence-corrected chi connectivity index (χ4v) is 2.40. The van der Waals surface area contributed by atoms with Gasteiger partial charge in [-0.2, -0.15) is 0 Å². The highest BCUT2D eigenvalue weighted by Gasteiger charge is 2.19. The molecule has 76 valence electrons. The van der Waals surface area contributed by atoms with Crippen molar-refractivity contribution < 1.29 is 4.74 Å². The van der Waals surface area contributed by atoms with Crippen LogP contribution in [0.25, 0.3) is 0 Å². The lowest BCUT2D eigenvalue weighted by Crippen LogP contribution is -2.32. The molecule has 2 aliphatic heterocycles. The van der Waals surface area contributed by atoms with Gasteiger partial charge in [0.2, 0.25) is 0 Å². The van der Waals surface area contributed by atoms with Gasteiger partial charge in [-0.3, -0.25) is 0 Å². The first kappa shape index (κ1) is 9.47. The van der Waals surface area contributed by atoms with Gasteiger partial charge >= 0.3 is 0 Å². The van der Waals surface area contributed by atoms with Crippen molar-refractivity contribution in [3.05, 3.63) is 0 Å². The summed E-state index contributed by atoms with van der Waals surface area (Å²) in [4.78, 5) is 2.60. The molecule has 0 amide bonds. The molecule has 0 saturated carbocycles. The first-order valence-electron chi connectivity index (χ1n) is 5.79. The Morgan fingerprint density at radius 3 is 2.38 bits per heavy atom. The molecule has 0 aromatic rings. The normalized spacial score (nSPS) is 31.8. The SMILES string of the molecule is C1CCCN(C[C@H]2CCCO2)CC1. The van der Waals surface area contributed by atoms with Crippen molar-refractivity contribution >= 4 is 0 Å². The molecule has 0 aromatic heterocycles. The van der Waals surface area contributed by atoms with Gasteiger partial charge < -0.3 is 9.64 Å². The van der Waals surface area contributed by atoms with E-state index >= 15 is 0 Å². The second kappa shape index (κ2) is 4.97. The molecule has 13 heavy (non-hydrogen) atoms. The maximum Gasteiger partial charge on any atom is 0.0702 e. The first-order valence-corrected chi connectivity index (χ1v) is 5.79. The first-order chi connectivity index (χ1) is 6.45. The second-order valence-electron chi connectivity index (χ2n) is 4.35. The molecule has 0 unspecified atom stereocenters. The highest BCUT2D eigenvalue weighted by atomic mass is 16.5. The molecule has 2 saturated heterocycles. The van der Waals surface area contributed by atoms with Crippen molar-refractivity contribution in [2.75, 3.05) is 26.2 Å². The van der Waals surface area contributed by atoms with Gasteiger partial charge in [-0.1, -0.05) is 12.8 Å². The third-order valence-electron chi connectivity index (χ3n) is 3.18. The molecular weight excluding hydrogens is 162 g/mol. The highest BCUT2D eigenvalue weighted by molar-refractivity contribution is 4.72. The third-order valence-corrected chi connectivity index (χ3v) is 3.18. The summed E-state index contributed by atoms with van der Waals surface area (Å²) >= 11 is 0. The summed E-state index contributed by atoms with van der Waals surface area (Å²) in [5.41, 5.74) is 0. The molecule has 2 nitrogen and oxygen atoms in total. The fraction of sp³-hybridized carbons (Fsp3) is 1.00. The minimum Gasteiger partial charge on any atom is -0.377 e. The van der Waals surface area contributed by atoms with E-state index in [-0.39, 0.29) is 0 Å². The van der Waals surface area contributed by atoms with E-state index < -0.39 is 0 Å². The van der Waals surface area contributed by atoms with Crippen LogP contribution in [0.2, 0.25) is 0 Å². The zero-order chi connectivity index (χ0) is 8.93. The van der Waals surface area contributed by atoms with Gasteiger partial charge in [-0.05, 0) is 38.8 Å². The maximum atomic E-state index is 5.65. The van der Waals surface area contributed by atoms with Crippen LogP contribution in [0.3, 0.4) is 0 Å². The van der Waals surface area contributed by atoms with E-state index in [9.17, 15) is 0 Å². The lowest BCUT2D eigenvalue weighted by atomic mass is 10.2. The lowest BCUT2D eigenvalue weighted by molar-refractivity contribution is 0.0743. The van der Waals surface area contributed by atoms with Gasteiger partial charge in [0.25, 0.3) is 0 Å². The number of ether oxygens (including phenoxy) is 1. The number of hydrogen-bond acceptors (Lipinski definition) is 2. The number of nitrogens with zero attached hydrogens (tertiary/aromatic N) is 1. The lowest BCUT2D eigenvalue weighted by Gasteiger charge is -2.22. The van der Waals surface area contributed by atoms with Crippen LogP contribution in [0.1, 0.15) is 38.5 Å². The number of rotatable bonds is 2. The van der Waals surface area contributed by atoms with E-state index in [1.54, 1.807) is 0 Å². The van der Waals surface area contributed by atoms with Gasteiger partial charge in [-0.25, -0.2) is 0 Å². The molecule has 0 spiro atoms. The van der Waals surface area contributed by atoms with Crippen molar-refractivity contribution in [2.24, 2.45) is 0 Å². The molecule has 2 rings (SSSR count). The van der Waals surface area contributed by atoms with Gasteiger partial charge in [-0.15, -0.1) is 0 Å². The molecule has 0 radical (unpaired) electrons. The van der Waals surface area contributed by atoms with Gasteiger partial charge in [0.15, 0.2) is 0 Å². The van der Waals surface area contributed by atoms with E-state index in [0.717, 1.165) is 6.61 Å². The van der Waals surface area contributed by atoms with Crippen LogP contribution in [0.15, 0.2) is 0 Å². The minimum atomic E-state index is 0.554. The van der Waals surface area contributed by atoms with Crippen LogP contribution in [-0.2, 0) is 4.74 Å². The Balaban J connectivity index is 1.71. The Morgan fingerprint density at radius 2 is 1.77 bits per heavy atom. The quantitative estimate of drug-likeness (QED) is 0.649. The molecular formula is C11H21NO. The molecule has 2 heteroatoms. The van der Waals surface area contributed by atoms with Crippen molar-refractivity contribution in [1.29, 1.82) is 0 Å². The minimum absolute atomic E-state index is 0.554. The van der Waals surface area contributed by atoms with Crippen LogP contribution in [0.4, 0.5) is 0 Å². The Kier molecular flexibility index (Phi) is 3.62. The summed E-state index contributed by atoms with van der Waals surface area (Å²) in [7, 11) is 0. The predicted molar refractivity (Wildman–Crippen MR) is 53.9 cm³/mol. The third kappa shape index (κ3) is 2.96. The summed E-state index contributed by atoms with van der Waals surface area (Å²) in [5, 5.41) is 0. The molecule has 0 aromatic carbocycles. The van der Waals surface area contributed by atoms with Crippen molar-refractivity contribution in [1.82, 2.24) is 4.90 Å². The fourth-order valence-electron chi connectivity index (χ4n) is 2.40. The summed E-state index contributed by atoms with van der Waals surface area (Å²) < 4.78 is 5.65. The summed E-state index contributed by atoms with van der Waals surface area (Å²) in [5.74, 6) is 0. The summed E-state index contributed by atoms with van der Waals surface area (Å²) in [6.07, 6.45) is 8.77. The largest absolute Gasteiger partial charge is 0.377 e. The van der Waals surface area contributed by atoms with Crippen LogP contribution in [0, 0.1) is 0 Å². The monoisotopic (exact) mass is 183 g/mol. The van der Waals surface area contributed by atoms with E-state index in [0.29, 0.717) is 6.10 Å². The van der Waals surface area contributed by atoms with Crippen molar-refractivity contribution in [3.63, 3.8) is 0 Å². The van der Waals surface area contributed by atoms with Crippen molar-refractivity contribution in [3.8, 4) is 0 Å². The maximum absolute atomic E-state index is 5.65. The van der Waals surface area contributed by atoms with Gasteiger partial charge in [0, 0.05) is 13.2 Å². The standard InChI is InChI=1S/C11H21NO/c1-2-4-8-12(7-3-1)10-11-6-5-9-13-11/h11H,1-10H2/t11-/m1/s1. The van der Waals surface area contributed by atoms with E-state index in [2.05, 4.69) is 4.90 Å². The smallest absolute Gasteiger partial charge is 0.0702 e. The molecule has 0 N–H and O–H groups in total. The molecule has 0 bridgehead atoms. The molecule has 2 fully saturated rings. The number of hydrogen-bond donors (Lipinski definition) is 0. The van der Waals surface area contributed by atoms with E-state index in [1.165, 1.54) is 58.2 Å². The number of likely N-dealkylation sites (tertiary alicyclic amines) is 1. The Morgan fingerprint density at radius 1 is 1.00 bits per heavy atom. The Bertz CT molecular complexity index is 135. The average Bonchev–Trinajstić information content (AvgIpc) is 2.49. The van der Waals surface area contributed by atoms with Crippen LogP contribution in [-0.4, -0.2) is 37.2 Å². The topological polar surface area (TPSA) is 12.5 Å². The predicted octanol–water partition coefficient (Wildman–Crippen LogP) is 2.04. The molecule has 2 heterocycles. The van der Waals surface area contributed by atoms with Crippen molar-refractivity contribution in [2.45, 2.75) is 44.6 Å². The zero-order valence-electron chi connectivity index (χ0n) is 8.50. The summed E-state index contributed by atoms with van der Waals surface area (Å²) in [6, 6.07) is 0. The van der Waals surface area contributed by atoms with Gasteiger partial charge in [0.05, 0.1) is 6.10 Å². The highest BCUT2D eigenvalue weighted by Crippen LogP contribution is 2.16.